The molecule has 3 aromatic carbocycles. The summed E-state index contributed by atoms with van der Waals surface area (Å²) in [5.41, 5.74) is 4.51. The molecule has 1 heterocycles. The van der Waals surface area contributed by atoms with Crippen LogP contribution in [0.25, 0.3) is 0 Å². The van der Waals surface area contributed by atoms with E-state index in [9.17, 15) is 14.0 Å². The van der Waals surface area contributed by atoms with Gasteiger partial charge in [0.05, 0.1) is 5.56 Å². The Morgan fingerprint density at radius 1 is 1.03 bits per heavy atom. The summed E-state index contributed by atoms with van der Waals surface area (Å²) >= 11 is 0. The molecule has 2 amide bonds. The Bertz CT molecular complexity index is 1170. The quantitative estimate of drug-likeness (QED) is 0.574. The van der Waals surface area contributed by atoms with Crippen LogP contribution >= 0.6 is 0 Å². The Labute approximate surface area is 187 Å². The summed E-state index contributed by atoms with van der Waals surface area (Å²) in [5, 5.41) is 6.21. The molecule has 0 fully saturated rings. The van der Waals surface area contributed by atoms with E-state index in [1.165, 1.54) is 12.1 Å². The van der Waals surface area contributed by atoms with Crippen molar-refractivity contribution in [1.29, 1.82) is 0 Å². The lowest BCUT2D eigenvalue weighted by molar-refractivity contribution is -0.116. The molecule has 1 aliphatic heterocycles. The largest absolute Gasteiger partial charge is 0.380 e. The molecule has 164 valence electrons. The topological polar surface area (TPSA) is 61.4 Å². The number of nitrogens with one attached hydrogen (secondary N) is 2. The van der Waals surface area contributed by atoms with Crippen LogP contribution in [0.15, 0.2) is 66.7 Å². The van der Waals surface area contributed by atoms with Crippen molar-refractivity contribution in [2.24, 2.45) is 0 Å². The van der Waals surface area contributed by atoms with Crippen molar-refractivity contribution in [2.45, 2.75) is 32.7 Å². The number of benzene rings is 3. The Hall–Kier alpha value is -3.67. The van der Waals surface area contributed by atoms with Gasteiger partial charge in [0.25, 0.3) is 5.91 Å². The Kier molecular flexibility index (Phi) is 5.70. The fraction of sp³-hybridized carbons (Fsp3) is 0.231. The summed E-state index contributed by atoms with van der Waals surface area (Å²) in [7, 11) is 0. The number of hydrogen-bond acceptors (Lipinski definition) is 3. The van der Waals surface area contributed by atoms with Gasteiger partial charge in [-0.1, -0.05) is 44.2 Å². The second kappa shape index (κ2) is 8.46. The summed E-state index contributed by atoms with van der Waals surface area (Å²) in [4.78, 5) is 26.9. The predicted molar refractivity (Wildman–Crippen MR) is 126 cm³/mol. The summed E-state index contributed by atoms with van der Waals surface area (Å²) in [6, 6.07) is 19.2. The molecular weight excluding hydrogens is 405 g/mol. The second-order valence-electron chi connectivity index (χ2n) is 8.70. The predicted octanol–water partition coefficient (Wildman–Crippen LogP) is 5.33. The van der Waals surface area contributed by atoms with Gasteiger partial charge in [-0.15, -0.1) is 0 Å². The molecule has 3 aromatic rings. The van der Waals surface area contributed by atoms with Crippen LogP contribution in [-0.4, -0.2) is 18.4 Å². The first-order chi connectivity index (χ1) is 15.2. The first-order valence-corrected chi connectivity index (χ1v) is 10.6. The number of fused-ring (bicyclic) bond motifs is 1. The number of halogens is 1. The van der Waals surface area contributed by atoms with Crippen molar-refractivity contribution in [3.8, 4) is 0 Å². The van der Waals surface area contributed by atoms with Crippen LogP contribution in [-0.2, 0) is 16.8 Å². The number of rotatable bonds is 5. The number of hydrogen-bond donors (Lipinski definition) is 2. The number of para-hydroxylation sites is 1. The Morgan fingerprint density at radius 3 is 2.47 bits per heavy atom. The van der Waals surface area contributed by atoms with E-state index in [2.05, 4.69) is 24.5 Å². The van der Waals surface area contributed by atoms with E-state index in [1.807, 2.05) is 30.3 Å². The highest BCUT2D eigenvalue weighted by atomic mass is 19.1. The average Bonchev–Trinajstić information content (AvgIpc) is 3.04. The van der Waals surface area contributed by atoms with Crippen LogP contribution < -0.4 is 15.5 Å². The maximum absolute atomic E-state index is 13.1. The molecule has 5 nitrogen and oxygen atoms in total. The van der Waals surface area contributed by atoms with Gasteiger partial charge in [-0.2, -0.15) is 0 Å². The van der Waals surface area contributed by atoms with E-state index < -0.39 is 0 Å². The minimum Gasteiger partial charge on any atom is -0.380 e. The fourth-order valence-electron chi connectivity index (χ4n) is 4.08. The van der Waals surface area contributed by atoms with Crippen LogP contribution in [0.2, 0.25) is 0 Å². The first kappa shape index (κ1) is 21.6. The molecule has 0 atom stereocenters. The van der Waals surface area contributed by atoms with Gasteiger partial charge in [0, 0.05) is 42.5 Å². The first-order valence-electron chi connectivity index (χ1n) is 10.6. The van der Waals surface area contributed by atoms with Crippen molar-refractivity contribution >= 4 is 28.9 Å². The van der Waals surface area contributed by atoms with Crippen molar-refractivity contribution in [2.75, 3.05) is 22.1 Å². The van der Waals surface area contributed by atoms with Crippen LogP contribution in [0.1, 0.15) is 42.3 Å². The zero-order valence-electron chi connectivity index (χ0n) is 18.4. The van der Waals surface area contributed by atoms with Gasteiger partial charge in [0.2, 0.25) is 5.91 Å². The SMILES string of the molecule is CC(=O)N1CC(C)(C)c2ccc(NC(=O)c3ccccc3NCc3ccc(F)cc3)cc21. The van der Waals surface area contributed by atoms with Gasteiger partial charge in [-0.25, -0.2) is 4.39 Å². The zero-order chi connectivity index (χ0) is 22.9. The molecule has 4 rings (SSSR count). The molecule has 0 aromatic heterocycles. The molecule has 0 radical (unpaired) electrons. The number of nitrogens with zero attached hydrogens (tertiary/aromatic N) is 1. The minimum atomic E-state index is -0.283. The lowest BCUT2D eigenvalue weighted by Gasteiger charge is -2.19. The lowest BCUT2D eigenvalue weighted by atomic mass is 9.87. The van der Waals surface area contributed by atoms with Crippen molar-refractivity contribution in [3.63, 3.8) is 0 Å². The Morgan fingerprint density at radius 2 is 1.75 bits per heavy atom. The van der Waals surface area contributed by atoms with E-state index in [0.717, 1.165) is 16.8 Å². The summed E-state index contributed by atoms with van der Waals surface area (Å²) in [5.74, 6) is -0.552. The van der Waals surface area contributed by atoms with Crippen molar-refractivity contribution < 1.29 is 14.0 Å². The number of anilines is 3. The van der Waals surface area contributed by atoms with Gasteiger partial charge in [-0.05, 0) is 47.5 Å². The standard InChI is InChI=1S/C26H26FN3O2/c1-17(31)30-16-26(2,3)22-13-12-20(14-24(22)30)29-25(32)21-6-4-5-7-23(21)28-15-18-8-10-19(27)11-9-18/h4-14,28H,15-16H2,1-3H3,(H,29,32). The highest BCUT2D eigenvalue weighted by Gasteiger charge is 2.36. The molecule has 1 aliphatic rings. The molecule has 2 N–H and O–H groups in total. The van der Waals surface area contributed by atoms with Crippen LogP contribution in [0.3, 0.4) is 0 Å². The molecule has 0 aliphatic carbocycles. The summed E-state index contributed by atoms with van der Waals surface area (Å²) < 4.78 is 13.1. The molecular formula is C26H26FN3O2. The highest BCUT2D eigenvalue weighted by molar-refractivity contribution is 6.08. The number of carbonyl (C=O) groups is 2. The minimum absolute atomic E-state index is 0.0179. The van der Waals surface area contributed by atoms with E-state index >= 15 is 0 Å². The fourth-order valence-corrected chi connectivity index (χ4v) is 4.08. The van der Waals surface area contributed by atoms with Gasteiger partial charge in [-0.3, -0.25) is 9.59 Å². The number of amides is 2. The molecule has 6 heteroatoms. The number of carbonyl (C=O) groups excluding carboxylic acids is 2. The third kappa shape index (κ3) is 4.35. The molecule has 0 spiro atoms. The van der Waals surface area contributed by atoms with E-state index in [4.69, 9.17) is 0 Å². The summed E-state index contributed by atoms with van der Waals surface area (Å²) in [6.07, 6.45) is 0. The van der Waals surface area contributed by atoms with Crippen LogP contribution in [0, 0.1) is 5.82 Å². The maximum Gasteiger partial charge on any atom is 0.257 e. The van der Waals surface area contributed by atoms with E-state index in [-0.39, 0.29) is 23.0 Å². The normalized spacial score (nSPS) is 14.1. The highest BCUT2D eigenvalue weighted by Crippen LogP contribution is 2.41. The smallest absolute Gasteiger partial charge is 0.257 e. The van der Waals surface area contributed by atoms with Gasteiger partial charge < -0.3 is 15.5 Å². The zero-order valence-corrected chi connectivity index (χ0v) is 18.4. The van der Waals surface area contributed by atoms with Crippen LogP contribution in [0.4, 0.5) is 21.5 Å². The summed E-state index contributed by atoms with van der Waals surface area (Å²) in [6.45, 7) is 6.85. The Balaban J connectivity index is 1.53. The molecule has 32 heavy (non-hydrogen) atoms. The van der Waals surface area contributed by atoms with Crippen LogP contribution in [0.5, 0.6) is 0 Å². The molecule has 0 bridgehead atoms. The molecule has 0 unspecified atom stereocenters. The second-order valence-corrected chi connectivity index (χ2v) is 8.70. The lowest BCUT2D eigenvalue weighted by Crippen LogP contribution is -2.32. The van der Waals surface area contributed by atoms with Gasteiger partial charge >= 0.3 is 0 Å². The van der Waals surface area contributed by atoms with E-state index in [1.54, 1.807) is 36.1 Å². The van der Waals surface area contributed by atoms with Gasteiger partial charge in [0.1, 0.15) is 5.82 Å². The van der Waals surface area contributed by atoms with Crippen molar-refractivity contribution in [3.05, 3.63) is 89.2 Å². The van der Waals surface area contributed by atoms with Crippen molar-refractivity contribution in [1.82, 2.24) is 0 Å². The molecule has 0 saturated heterocycles. The van der Waals surface area contributed by atoms with E-state index in [0.29, 0.717) is 30.0 Å². The van der Waals surface area contributed by atoms with Gasteiger partial charge in [0.15, 0.2) is 0 Å². The third-order valence-corrected chi connectivity index (χ3v) is 5.78. The monoisotopic (exact) mass is 431 g/mol. The third-order valence-electron chi connectivity index (χ3n) is 5.78. The average molecular weight is 432 g/mol. The molecule has 0 saturated carbocycles. The maximum atomic E-state index is 13.1.